The van der Waals surface area contributed by atoms with E-state index in [0.717, 1.165) is 31.3 Å². The van der Waals surface area contributed by atoms with Crippen molar-refractivity contribution in [1.29, 1.82) is 0 Å². The molecule has 2 aromatic heterocycles. The number of nitro groups is 1. The third kappa shape index (κ3) is 4.60. The lowest BCUT2D eigenvalue weighted by molar-refractivity contribution is -0.384. The molecule has 174 valence electrons. The van der Waals surface area contributed by atoms with Crippen molar-refractivity contribution in [1.82, 2.24) is 9.99 Å². The minimum atomic E-state index is -0.448. The Morgan fingerprint density at radius 3 is 2.69 bits per heavy atom. The van der Waals surface area contributed by atoms with E-state index in [0.29, 0.717) is 16.8 Å². The lowest BCUT2D eigenvalue weighted by Gasteiger charge is -2.09. The number of hydrogen-bond donors (Lipinski definition) is 1. The Bertz CT molecular complexity index is 1620. The molecule has 35 heavy (non-hydrogen) atoms. The van der Waals surface area contributed by atoms with Crippen molar-refractivity contribution < 1.29 is 9.72 Å². The summed E-state index contributed by atoms with van der Waals surface area (Å²) in [6, 6.07) is 22.6. The van der Waals surface area contributed by atoms with Crippen LogP contribution >= 0.6 is 27.3 Å². The third-order valence-electron chi connectivity index (χ3n) is 5.83. The molecule has 0 saturated carbocycles. The van der Waals surface area contributed by atoms with Gasteiger partial charge in [0.2, 0.25) is 0 Å². The van der Waals surface area contributed by atoms with Gasteiger partial charge in [-0.15, -0.1) is 11.3 Å². The number of fused-ring (bicyclic) bond motifs is 2. The number of non-ortho nitro benzene ring substituents is 1. The van der Waals surface area contributed by atoms with Gasteiger partial charge in [-0.25, -0.2) is 5.43 Å². The largest absolute Gasteiger partial charge is 0.340 e. The molecule has 0 saturated heterocycles. The normalized spacial score (nSPS) is 11.5. The molecule has 0 fully saturated rings. The highest BCUT2D eigenvalue weighted by molar-refractivity contribution is 9.10. The first-order valence-electron chi connectivity index (χ1n) is 10.7. The summed E-state index contributed by atoms with van der Waals surface area (Å²) in [5.74, 6) is -0.360. The zero-order valence-corrected chi connectivity index (χ0v) is 21.0. The molecule has 0 atom stereocenters. The topological polar surface area (TPSA) is 89.5 Å². The van der Waals surface area contributed by atoms with Gasteiger partial charge in [-0.2, -0.15) is 5.10 Å². The molecule has 5 rings (SSSR count). The molecular formula is C26H19BrN4O3S. The minimum Gasteiger partial charge on any atom is -0.340 e. The maximum absolute atomic E-state index is 12.7. The van der Waals surface area contributed by atoms with E-state index in [-0.39, 0.29) is 11.6 Å². The van der Waals surface area contributed by atoms with Crippen LogP contribution in [0.1, 0.15) is 26.5 Å². The minimum absolute atomic E-state index is 0.00437. The van der Waals surface area contributed by atoms with Crippen molar-refractivity contribution in [3.63, 3.8) is 0 Å². The number of hydrazone groups is 1. The van der Waals surface area contributed by atoms with Crippen LogP contribution in [0.3, 0.4) is 0 Å². The average Bonchev–Trinajstić information content (AvgIpc) is 3.40. The van der Waals surface area contributed by atoms with Crippen LogP contribution < -0.4 is 5.43 Å². The first-order chi connectivity index (χ1) is 16.9. The van der Waals surface area contributed by atoms with Crippen LogP contribution in [0.2, 0.25) is 0 Å². The second-order valence-electron chi connectivity index (χ2n) is 8.02. The summed E-state index contributed by atoms with van der Waals surface area (Å²) in [5, 5.41) is 16.9. The molecule has 2 heterocycles. The molecular weight excluding hydrogens is 528 g/mol. The van der Waals surface area contributed by atoms with E-state index in [4.69, 9.17) is 0 Å². The first kappa shape index (κ1) is 22.9. The van der Waals surface area contributed by atoms with Gasteiger partial charge in [-0.1, -0.05) is 46.3 Å². The Kier molecular flexibility index (Phi) is 6.19. The predicted octanol–water partition coefficient (Wildman–Crippen LogP) is 6.65. The number of para-hydroxylation sites is 1. The Hall–Kier alpha value is -3.82. The van der Waals surface area contributed by atoms with Gasteiger partial charge in [-0.3, -0.25) is 14.9 Å². The van der Waals surface area contributed by atoms with Crippen LogP contribution in [0.4, 0.5) is 5.69 Å². The van der Waals surface area contributed by atoms with Gasteiger partial charge in [0, 0.05) is 55.4 Å². The number of nitro benzene ring substituents is 1. The maximum atomic E-state index is 12.7. The fraction of sp³-hybridized carbons (Fsp3) is 0.0769. The number of carbonyl (C=O) groups excluding carboxylic acids is 1. The molecule has 0 aliphatic rings. The number of rotatable bonds is 6. The molecule has 0 bridgehead atoms. The number of thiophene rings is 1. The number of aromatic nitrogens is 1. The lowest BCUT2D eigenvalue weighted by Crippen LogP contribution is -2.16. The third-order valence-corrected chi connectivity index (χ3v) is 7.47. The Morgan fingerprint density at radius 1 is 1.14 bits per heavy atom. The summed E-state index contributed by atoms with van der Waals surface area (Å²) < 4.78 is 4.08. The summed E-state index contributed by atoms with van der Waals surface area (Å²) in [6.07, 6.45) is 1.67. The molecule has 0 aliphatic heterocycles. The van der Waals surface area contributed by atoms with E-state index >= 15 is 0 Å². The first-order valence-corrected chi connectivity index (χ1v) is 12.4. The number of nitrogens with one attached hydrogen (secondary N) is 1. The molecule has 0 aliphatic carbocycles. The van der Waals surface area contributed by atoms with E-state index in [1.54, 1.807) is 18.3 Å². The number of amides is 1. The Balaban J connectivity index is 1.40. The van der Waals surface area contributed by atoms with E-state index in [1.165, 1.54) is 29.0 Å². The second kappa shape index (κ2) is 9.44. The van der Waals surface area contributed by atoms with Crippen LogP contribution in [0.15, 0.2) is 82.4 Å². The lowest BCUT2D eigenvalue weighted by atomic mass is 10.1. The predicted molar refractivity (Wildman–Crippen MR) is 143 cm³/mol. The summed E-state index contributed by atoms with van der Waals surface area (Å²) in [6.45, 7) is 2.76. The standard InChI is InChI=1S/C26H19BrN4O3S/c1-16-22(21-4-2-3-5-23(21)30(16)15-17-6-8-19(27)9-7-17)14-28-29-26(32)25-13-18-12-20(31(33)34)10-11-24(18)35-25/h2-14H,15H2,1H3,(H,29,32)/b28-14-. The van der Waals surface area contributed by atoms with Crippen LogP contribution in [0.5, 0.6) is 0 Å². The zero-order chi connectivity index (χ0) is 24.5. The van der Waals surface area contributed by atoms with Crippen LogP contribution in [0, 0.1) is 17.0 Å². The SMILES string of the molecule is Cc1c(/C=N\NC(=O)c2cc3cc([N+](=O)[O-])ccc3s2)c2ccccc2n1Cc1ccc(Br)cc1. The van der Waals surface area contributed by atoms with Gasteiger partial charge in [0.15, 0.2) is 0 Å². The van der Waals surface area contributed by atoms with E-state index in [1.807, 2.05) is 37.3 Å². The number of halogens is 1. The Labute approximate surface area is 213 Å². The molecule has 0 spiro atoms. The average molecular weight is 547 g/mol. The molecule has 7 nitrogen and oxygen atoms in total. The number of nitrogens with zero attached hydrogens (tertiary/aromatic N) is 3. The molecule has 0 unspecified atom stereocenters. The highest BCUT2D eigenvalue weighted by atomic mass is 79.9. The number of benzene rings is 3. The Morgan fingerprint density at radius 2 is 1.91 bits per heavy atom. The molecule has 1 N–H and O–H groups in total. The van der Waals surface area contributed by atoms with Crippen molar-refractivity contribution in [2.24, 2.45) is 5.10 Å². The molecule has 0 radical (unpaired) electrons. The van der Waals surface area contributed by atoms with Gasteiger partial charge in [-0.05, 0) is 42.8 Å². The van der Waals surface area contributed by atoms with Crippen LogP contribution in [0.25, 0.3) is 21.0 Å². The fourth-order valence-electron chi connectivity index (χ4n) is 4.06. The van der Waals surface area contributed by atoms with Crippen molar-refractivity contribution in [3.05, 3.63) is 109 Å². The van der Waals surface area contributed by atoms with Crippen molar-refractivity contribution in [2.45, 2.75) is 13.5 Å². The van der Waals surface area contributed by atoms with Gasteiger partial charge in [0.1, 0.15) is 0 Å². The molecule has 9 heteroatoms. The fourth-order valence-corrected chi connectivity index (χ4v) is 5.26. The van der Waals surface area contributed by atoms with Crippen molar-refractivity contribution in [3.8, 4) is 0 Å². The van der Waals surface area contributed by atoms with Gasteiger partial charge >= 0.3 is 0 Å². The smallest absolute Gasteiger partial charge is 0.281 e. The van der Waals surface area contributed by atoms with E-state index < -0.39 is 4.92 Å². The van der Waals surface area contributed by atoms with Gasteiger partial charge in [0.05, 0.1) is 16.0 Å². The zero-order valence-electron chi connectivity index (χ0n) is 18.6. The second-order valence-corrected chi connectivity index (χ2v) is 10.0. The molecule has 1 amide bonds. The van der Waals surface area contributed by atoms with Crippen molar-refractivity contribution >= 4 is 66.1 Å². The maximum Gasteiger partial charge on any atom is 0.281 e. The quantitative estimate of drug-likeness (QED) is 0.147. The van der Waals surface area contributed by atoms with Gasteiger partial charge < -0.3 is 4.57 Å². The van der Waals surface area contributed by atoms with Gasteiger partial charge in [0.25, 0.3) is 11.6 Å². The monoisotopic (exact) mass is 546 g/mol. The van der Waals surface area contributed by atoms with E-state index in [2.05, 4.69) is 49.2 Å². The highest BCUT2D eigenvalue weighted by Gasteiger charge is 2.15. The summed E-state index contributed by atoms with van der Waals surface area (Å²) >= 11 is 4.75. The summed E-state index contributed by atoms with van der Waals surface area (Å²) in [7, 11) is 0. The van der Waals surface area contributed by atoms with Crippen molar-refractivity contribution in [2.75, 3.05) is 0 Å². The van der Waals surface area contributed by atoms with E-state index in [9.17, 15) is 14.9 Å². The molecule has 3 aromatic carbocycles. The highest BCUT2D eigenvalue weighted by Crippen LogP contribution is 2.29. The van der Waals surface area contributed by atoms with Crippen LogP contribution in [-0.2, 0) is 6.54 Å². The number of carbonyl (C=O) groups is 1. The summed E-state index contributed by atoms with van der Waals surface area (Å²) in [4.78, 5) is 23.7. The summed E-state index contributed by atoms with van der Waals surface area (Å²) in [5.41, 5.74) is 6.84. The number of hydrogen-bond acceptors (Lipinski definition) is 5. The van der Waals surface area contributed by atoms with Crippen LogP contribution in [-0.4, -0.2) is 21.6 Å². The molecule has 5 aromatic rings.